The van der Waals surface area contributed by atoms with Crippen molar-refractivity contribution in [2.24, 2.45) is 5.92 Å². The Morgan fingerprint density at radius 3 is 2.85 bits per heavy atom. The van der Waals surface area contributed by atoms with Crippen LogP contribution in [0.4, 0.5) is 0 Å². The van der Waals surface area contributed by atoms with Gasteiger partial charge >= 0.3 is 0 Å². The number of nitrogens with zero attached hydrogens (tertiary/aromatic N) is 4. The molecule has 0 spiro atoms. The normalized spacial score (nSPS) is 22.6. The molecule has 2 aliphatic heterocycles. The third-order valence-electron chi connectivity index (χ3n) is 5.75. The summed E-state index contributed by atoms with van der Waals surface area (Å²) in [6, 6.07) is 1.95. The minimum atomic E-state index is -0.478. The molecule has 1 N–H and O–H groups in total. The van der Waals surface area contributed by atoms with Gasteiger partial charge in [0.05, 0.1) is 24.5 Å². The molecular weight excluding hydrogens is 332 g/mol. The van der Waals surface area contributed by atoms with Gasteiger partial charge in [-0.05, 0) is 44.1 Å². The molecular formula is C19H28N4O3. The molecule has 1 aromatic heterocycles. The number of carbonyl (C=O) groups is 2. The molecule has 0 radical (unpaired) electrons. The highest BCUT2D eigenvalue weighted by Gasteiger charge is 2.33. The first-order chi connectivity index (χ1) is 12.6. The third-order valence-corrected chi connectivity index (χ3v) is 5.75. The van der Waals surface area contributed by atoms with Crippen LogP contribution in [-0.2, 0) is 22.7 Å². The van der Waals surface area contributed by atoms with Crippen molar-refractivity contribution in [3.63, 3.8) is 0 Å². The lowest BCUT2D eigenvalue weighted by Crippen LogP contribution is -2.42. The topological polar surface area (TPSA) is 78.7 Å². The average Bonchev–Trinajstić information content (AvgIpc) is 3.44. The predicted octanol–water partition coefficient (Wildman–Crippen LogP) is 1.46. The Balaban J connectivity index is 1.42. The molecule has 4 rings (SSSR count). The highest BCUT2D eigenvalue weighted by atomic mass is 16.3. The summed E-state index contributed by atoms with van der Waals surface area (Å²) >= 11 is 0. The Kier molecular flexibility index (Phi) is 4.98. The number of hydrogen-bond acceptors (Lipinski definition) is 4. The highest BCUT2D eigenvalue weighted by molar-refractivity contribution is 5.85. The number of aliphatic hydroxyl groups is 1. The van der Waals surface area contributed by atoms with Gasteiger partial charge in [0.2, 0.25) is 11.8 Å². The van der Waals surface area contributed by atoms with E-state index in [9.17, 15) is 14.7 Å². The molecule has 1 saturated heterocycles. The number of carbonyl (C=O) groups excluding carboxylic acids is 2. The lowest BCUT2D eigenvalue weighted by Gasteiger charge is -2.25. The summed E-state index contributed by atoms with van der Waals surface area (Å²) in [6.45, 7) is 2.83. The second kappa shape index (κ2) is 7.39. The number of aliphatic hydroxyl groups excluding tert-OH is 1. The van der Waals surface area contributed by atoms with Crippen LogP contribution in [-0.4, -0.2) is 56.1 Å². The zero-order chi connectivity index (χ0) is 18.1. The van der Waals surface area contributed by atoms with Crippen LogP contribution in [0.1, 0.15) is 62.4 Å². The predicted molar refractivity (Wildman–Crippen MR) is 95.0 cm³/mol. The van der Waals surface area contributed by atoms with Crippen molar-refractivity contribution in [3.05, 3.63) is 17.5 Å². The van der Waals surface area contributed by atoms with Crippen LogP contribution in [0.2, 0.25) is 0 Å². The van der Waals surface area contributed by atoms with Crippen LogP contribution in [0.15, 0.2) is 6.07 Å². The van der Waals surface area contributed by atoms with Crippen LogP contribution in [0, 0.1) is 5.92 Å². The van der Waals surface area contributed by atoms with Crippen molar-refractivity contribution < 1.29 is 14.7 Å². The molecule has 0 unspecified atom stereocenters. The van der Waals surface area contributed by atoms with E-state index in [2.05, 4.69) is 5.10 Å². The van der Waals surface area contributed by atoms with Gasteiger partial charge in [0, 0.05) is 26.1 Å². The summed E-state index contributed by atoms with van der Waals surface area (Å²) in [5.74, 6) is 0.464. The van der Waals surface area contributed by atoms with Crippen LogP contribution in [0.25, 0.3) is 0 Å². The van der Waals surface area contributed by atoms with Gasteiger partial charge in [-0.2, -0.15) is 5.10 Å². The van der Waals surface area contributed by atoms with E-state index in [0.29, 0.717) is 32.0 Å². The number of fused-ring (bicyclic) bond motifs is 1. The van der Waals surface area contributed by atoms with Crippen molar-refractivity contribution in [2.75, 3.05) is 19.6 Å². The van der Waals surface area contributed by atoms with E-state index >= 15 is 0 Å². The van der Waals surface area contributed by atoms with E-state index in [1.54, 1.807) is 4.90 Å². The van der Waals surface area contributed by atoms with E-state index in [1.807, 2.05) is 15.6 Å². The highest BCUT2D eigenvalue weighted by Crippen LogP contribution is 2.40. The molecule has 2 amide bonds. The van der Waals surface area contributed by atoms with E-state index in [0.717, 1.165) is 56.5 Å². The average molecular weight is 360 g/mol. The Hall–Kier alpha value is -1.89. The standard InChI is InChI=1S/C19H28N4O3/c24-17-5-2-1-3-8-22(17)13-18(25)21-9-4-10-23-15(12-21)11-16(20-23)19(26)14-6-7-14/h11,14,19,26H,1-10,12-13H2/t19-/m0/s1. The molecule has 2 fully saturated rings. The zero-order valence-electron chi connectivity index (χ0n) is 15.3. The molecule has 1 aliphatic carbocycles. The number of amides is 2. The fraction of sp³-hybridized carbons (Fsp3) is 0.737. The summed E-state index contributed by atoms with van der Waals surface area (Å²) in [4.78, 5) is 28.5. The van der Waals surface area contributed by atoms with Gasteiger partial charge in [-0.25, -0.2) is 0 Å². The largest absolute Gasteiger partial charge is 0.386 e. The second-order valence-corrected chi connectivity index (χ2v) is 7.86. The fourth-order valence-electron chi connectivity index (χ4n) is 3.96. The zero-order valence-corrected chi connectivity index (χ0v) is 15.3. The summed E-state index contributed by atoms with van der Waals surface area (Å²) in [6.07, 6.45) is 6.03. The van der Waals surface area contributed by atoms with Gasteiger partial charge in [0.1, 0.15) is 6.10 Å². The SMILES string of the molecule is O=C1CCCCCN1CC(=O)N1CCCn2nc([C@@H](O)C3CC3)cc2C1. The third kappa shape index (κ3) is 3.77. The lowest BCUT2D eigenvalue weighted by atomic mass is 10.1. The summed E-state index contributed by atoms with van der Waals surface area (Å²) < 4.78 is 1.94. The van der Waals surface area contributed by atoms with Crippen molar-refractivity contribution in [3.8, 4) is 0 Å². The Morgan fingerprint density at radius 2 is 2.04 bits per heavy atom. The number of aromatic nitrogens is 2. The van der Waals surface area contributed by atoms with Gasteiger partial charge in [0.15, 0.2) is 0 Å². The van der Waals surface area contributed by atoms with Crippen LogP contribution < -0.4 is 0 Å². The molecule has 1 aromatic rings. The van der Waals surface area contributed by atoms with E-state index in [-0.39, 0.29) is 18.4 Å². The Labute approximate surface area is 153 Å². The fourth-order valence-corrected chi connectivity index (χ4v) is 3.96. The lowest BCUT2D eigenvalue weighted by molar-refractivity contribution is -0.140. The van der Waals surface area contributed by atoms with Crippen molar-refractivity contribution in [1.82, 2.24) is 19.6 Å². The minimum Gasteiger partial charge on any atom is -0.386 e. The number of hydrogen-bond donors (Lipinski definition) is 1. The number of likely N-dealkylation sites (tertiary alicyclic amines) is 1. The summed E-state index contributed by atoms with van der Waals surface area (Å²) in [5, 5.41) is 14.9. The maximum absolute atomic E-state index is 12.8. The molecule has 0 bridgehead atoms. The van der Waals surface area contributed by atoms with E-state index in [1.165, 1.54) is 0 Å². The molecule has 1 saturated carbocycles. The first kappa shape index (κ1) is 17.5. The minimum absolute atomic E-state index is 0.0131. The monoisotopic (exact) mass is 360 g/mol. The van der Waals surface area contributed by atoms with Crippen molar-refractivity contribution in [2.45, 2.75) is 64.1 Å². The molecule has 26 heavy (non-hydrogen) atoms. The first-order valence-electron chi connectivity index (χ1n) is 9.92. The smallest absolute Gasteiger partial charge is 0.242 e. The molecule has 7 nitrogen and oxygen atoms in total. The van der Waals surface area contributed by atoms with E-state index in [4.69, 9.17) is 0 Å². The Bertz CT molecular complexity index is 682. The van der Waals surface area contributed by atoms with Crippen LogP contribution in [0.3, 0.4) is 0 Å². The maximum Gasteiger partial charge on any atom is 0.242 e. The molecule has 3 heterocycles. The first-order valence-corrected chi connectivity index (χ1v) is 9.92. The van der Waals surface area contributed by atoms with Gasteiger partial charge in [-0.1, -0.05) is 6.42 Å². The quantitative estimate of drug-likeness (QED) is 0.882. The number of rotatable bonds is 4. The second-order valence-electron chi connectivity index (χ2n) is 7.86. The molecule has 0 aromatic carbocycles. The molecule has 142 valence electrons. The number of aryl methyl sites for hydroxylation is 1. The Morgan fingerprint density at radius 1 is 1.19 bits per heavy atom. The van der Waals surface area contributed by atoms with Gasteiger partial charge in [0.25, 0.3) is 0 Å². The van der Waals surface area contributed by atoms with E-state index < -0.39 is 6.10 Å². The molecule has 1 atom stereocenters. The molecule has 7 heteroatoms. The summed E-state index contributed by atoms with van der Waals surface area (Å²) in [5.41, 5.74) is 1.72. The van der Waals surface area contributed by atoms with Crippen LogP contribution in [0.5, 0.6) is 0 Å². The summed E-state index contributed by atoms with van der Waals surface area (Å²) in [7, 11) is 0. The van der Waals surface area contributed by atoms with Gasteiger partial charge in [-0.15, -0.1) is 0 Å². The van der Waals surface area contributed by atoms with Gasteiger partial charge < -0.3 is 14.9 Å². The van der Waals surface area contributed by atoms with Gasteiger partial charge in [-0.3, -0.25) is 14.3 Å². The van der Waals surface area contributed by atoms with Crippen molar-refractivity contribution >= 4 is 11.8 Å². The van der Waals surface area contributed by atoms with Crippen LogP contribution >= 0.6 is 0 Å². The maximum atomic E-state index is 12.8. The molecule has 3 aliphatic rings. The van der Waals surface area contributed by atoms with Crippen molar-refractivity contribution in [1.29, 1.82) is 0 Å².